The van der Waals surface area contributed by atoms with Gasteiger partial charge in [0.15, 0.2) is 0 Å². The van der Waals surface area contributed by atoms with Gasteiger partial charge in [0.1, 0.15) is 5.69 Å². The van der Waals surface area contributed by atoms with E-state index in [0.717, 1.165) is 31.9 Å². The number of nitro groups is 1. The number of rotatable bonds is 3. The summed E-state index contributed by atoms with van der Waals surface area (Å²) in [5.41, 5.74) is 1.75. The Balaban J connectivity index is 2.27. The van der Waals surface area contributed by atoms with Gasteiger partial charge in [-0.3, -0.25) is 10.1 Å². The van der Waals surface area contributed by atoms with Crippen molar-refractivity contribution < 1.29 is 10.2 Å². The van der Waals surface area contributed by atoms with Crippen LogP contribution >= 0.6 is 0 Å². The Morgan fingerprint density at radius 3 is 2.71 bits per heavy atom. The average Bonchev–Trinajstić information content (AvgIpc) is 2.39. The van der Waals surface area contributed by atoms with Crippen molar-refractivity contribution >= 4 is 17.1 Å². The van der Waals surface area contributed by atoms with Crippen molar-refractivity contribution in [2.24, 2.45) is 0 Å². The minimum atomic E-state index is -0.362. The molecule has 0 amide bonds. The lowest BCUT2D eigenvalue weighted by atomic mass is 10.2. The van der Waals surface area contributed by atoms with Crippen molar-refractivity contribution in [2.75, 3.05) is 43.4 Å². The van der Waals surface area contributed by atoms with Gasteiger partial charge in [-0.25, -0.2) is 0 Å². The SMILES string of the molecule is CNc1cc(N2CC[NH2+]CC2)ccc1[N+](=O)[O-]. The van der Waals surface area contributed by atoms with E-state index in [9.17, 15) is 10.1 Å². The molecule has 1 aromatic rings. The van der Waals surface area contributed by atoms with Gasteiger partial charge in [0, 0.05) is 18.8 Å². The standard InChI is InChI=1S/C11H16N4O2/c1-12-10-8-9(2-3-11(10)15(16)17)14-6-4-13-5-7-14/h2-3,8,12-13H,4-7H2,1H3/p+1. The van der Waals surface area contributed by atoms with Crippen molar-refractivity contribution in [2.45, 2.75) is 0 Å². The molecule has 1 aromatic carbocycles. The number of nitrogens with one attached hydrogen (secondary N) is 1. The number of hydrogen-bond donors (Lipinski definition) is 2. The van der Waals surface area contributed by atoms with E-state index in [1.165, 1.54) is 0 Å². The molecule has 0 atom stereocenters. The first-order valence-corrected chi connectivity index (χ1v) is 5.75. The number of nitrogens with two attached hydrogens (primary N) is 1. The van der Waals surface area contributed by atoms with Gasteiger partial charge in [0.2, 0.25) is 0 Å². The Labute approximate surface area is 99.8 Å². The Hall–Kier alpha value is -1.82. The van der Waals surface area contributed by atoms with E-state index in [2.05, 4.69) is 15.5 Å². The molecular formula is C11H17N4O2+. The second-order valence-corrected chi connectivity index (χ2v) is 4.06. The lowest BCUT2D eigenvalue weighted by Gasteiger charge is -2.27. The summed E-state index contributed by atoms with van der Waals surface area (Å²) in [6.07, 6.45) is 0. The minimum absolute atomic E-state index is 0.125. The van der Waals surface area contributed by atoms with Gasteiger partial charge in [-0.2, -0.15) is 0 Å². The molecule has 1 fully saturated rings. The van der Waals surface area contributed by atoms with E-state index in [4.69, 9.17) is 0 Å². The van der Waals surface area contributed by atoms with Crippen LogP contribution in [0, 0.1) is 10.1 Å². The molecule has 3 N–H and O–H groups in total. The highest BCUT2D eigenvalue weighted by Crippen LogP contribution is 2.29. The third kappa shape index (κ3) is 2.47. The zero-order chi connectivity index (χ0) is 12.3. The minimum Gasteiger partial charge on any atom is -0.383 e. The normalized spacial score (nSPS) is 15.7. The molecule has 1 saturated heterocycles. The first-order chi connectivity index (χ1) is 8.22. The number of benzene rings is 1. The van der Waals surface area contributed by atoms with Crippen LogP contribution < -0.4 is 15.5 Å². The van der Waals surface area contributed by atoms with Gasteiger partial charge < -0.3 is 15.5 Å². The van der Waals surface area contributed by atoms with E-state index in [1.807, 2.05) is 12.1 Å². The van der Waals surface area contributed by atoms with Crippen molar-refractivity contribution in [1.82, 2.24) is 0 Å². The quantitative estimate of drug-likeness (QED) is 0.574. The Kier molecular flexibility index (Phi) is 3.43. The highest BCUT2D eigenvalue weighted by Gasteiger charge is 2.17. The highest BCUT2D eigenvalue weighted by molar-refractivity contribution is 5.68. The van der Waals surface area contributed by atoms with Crippen molar-refractivity contribution in [3.05, 3.63) is 28.3 Å². The van der Waals surface area contributed by atoms with E-state index >= 15 is 0 Å². The molecule has 0 bridgehead atoms. The first-order valence-electron chi connectivity index (χ1n) is 5.75. The fraction of sp³-hybridized carbons (Fsp3) is 0.455. The van der Waals surface area contributed by atoms with E-state index in [-0.39, 0.29) is 10.6 Å². The van der Waals surface area contributed by atoms with E-state index in [0.29, 0.717) is 5.69 Å². The van der Waals surface area contributed by atoms with Crippen LogP contribution in [0.4, 0.5) is 17.1 Å². The van der Waals surface area contributed by atoms with Crippen molar-refractivity contribution in [1.29, 1.82) is 0 Å². The topological polar surface area (TPSA) is 75.0 Å². The number of anilines is 2. The molecule has 1 aliphatic heterocycles. The fourth-order valence-corrected chi connectivity index (χ4v) is 2.09. The van der Waals surface area contributed by atoms with Crippen LogP contribution in [0.5, 0.6) is 0 Å². The Morgan fingerprint density at radius 1 is 1.41 bits per heavy atom. The fourth-order valence-electron chi connectivity index (χ4n) is 2.09. The van der Waals surface area contributed by atoms with Crippen molar-refractivity contribution in [3.8, 4) is 0 Å². The molecule has 0 aliphatic carbocycles. The van der Waals surface area contributed by atoms with E-state index < -0.39 is 0 Å². The summed E-state index contributed by atoms with van der Waals surface area (Å²) < 4.78 is 0. The van der Waals surface area contributed by atoms with Crippen LogP contribution in [0.2, 0.25) is 0 Å². The van der Waals surface area contributed by atoms with Crippen molar-refractivity contribution in [3.63, 3.8) is 0 Å². The van der Waals surface area contributed by atoms with Gasteiger partial charge in [0.05, 0.1) is 31.1 Å². The number of piperazine rings is 1. The molecule has 0 unspecified atom stereocenters. The smallest absolute Gasteiger partial charge is 0.292 e. The predicted octanol–water partition coefficient (Wildman–Crippen LogP) is 0.0199. The number of hydrogen-bond acceptors (Lipinski definition) is 4. The largest absolute Gasteiger partial charge is 0.383 e. The molecule has 0 aromatic heterocycles. The maximum absolute atomic E-state index is 10.8. The molecule has 2 rings (SSSR count). The molecule has 6 heteroatoms. The highest BCUT2D eigenvalue weighted by atomic mass is 16.6. The Morgan fingerprint density at radius 2 is 2.12 bits per heavy atom. The van der Waals surface area contributed by atoms with Crippen LogP contribution in [0.15, 0.2) is 18.2 Å². The molecule has 0 radical (unpaired) electrons. The lowest BCUT2D eigenvalue weighted by molar-refractivity contribution is -0.655. The van der Waals surface area contributed by atoms with Crippen LogP contribution in [-0.2, 0) is 0 Å². The molecule has 92 valence electrons. The van der Waals surface area contributed by atoms with Gasteiger partial charge in [0.25, 0.3) is 5.69 Å². The maximum atomic E-state index is 10.8. The van der Waals surface area contributed by atoms with Gasteiger partial charge in [-0.05, 0) is 12.1 Å². The second-order valence-electron chi connectivity index (χ2n) is 4.06. The zero-order valence-electron chi connectivity index (χ0n) is 9.85. The predicted molar refractivity (Wildman–Crippen MR) is 66.5 cm³/mol. The molecule has 17 heavy (non-hydrogen) atoms. The summed E-state index contributed by atoms with van der Waals surface area (Å²) >= 11 is 0. The molecular weight excluding hydrogens is 220 g/mol. The molecule has 1 heterocycles. The summed E-state index contributed by atoms with van der Waals surface area (Å²) in [5.74, 6) is 0. The van der Waals surface area contributed by atoms with E-state index in [1.54, 1.807) is 13.1 Å². The monoisotopic (exact) mass is 237 g/mol. The van der Waals surface area contributed by atoms with Gasteiger partial charge >= 0.3 is 0 Å². The van der Waals surface area contributed by atoms with Gasteiger partial charge in [-0.15, -0.1) is 0 Å². The molecule has 0 spiro atoms. The number of nitrogens with zero attached hydrogens (tertiary/aromatic N) is 2. The summed E-state index contributed by atoms with van der Waals surface area (Å²) in [5, 5.41) is 16.0. The second kappa shape index (κ2) is 5.01. The third-order valence-corrected chi connectivity index (χ3v) is 3.02. The van der Waals surface area contributed by atoms with Crippen LogP contribution in [0.3, 0.4) is 0 Å². The summed E-state index contributed by atoms with van der Waals surface area (Å²) in [6.45, 7) is 4.12. The van der Waals surface area contributed by atoms with Crippen LogP contribution in [-0.4, -0.2) is 38.2 Å². The maximum Gasteiger partial charge on any atom is 0.292 e. The van der Waals surface area contributed by atoms with Crippen LogP contribution in [0.1, 0.15) is 0 Å². The molecule has 1 aliphatic rings. The third-order valence-electron chi connectivity index (χ3n) is 3.02. The molecule has 0 saturated carbocycles. The number of nitro benzene ring substituents is 1. The van der Waals surface area contributed by atoms with Crippen LogP contribution in [0.25, 0.3) is 0 Å². The van der Waals surface area contributed by atoms with Gasteiger partial charge in [-0.1, -0.05) is 0 Å². The molecule has 6 nitrogen and oxygen atoms in total. The lowest BCUT2D eigenvalue weighted by Crippen LogP contribution is -2.89. The summed E-state index contributed by atoms with van der Waals surface area (Å²) in [7, 11) is 1.70. The number of quaternary nitrogens is 1. The summed E-state index contributed by atoms with van der Waals surface area (Å²) in [6, 6.07) is 5.24. The first kappa shape index (κ1) is 11.7. The summed E-state index contributed by atoms with van der Waals surface area (Å²) in [4.78, 5) is 12.7. The zero-order valence-corrected chi connectivity index (χ0v) is 9.85. The average molecular weight is 237 g/mol. The Bertz CT molecular complexity index is 416.